The van der Waals surface area contributed by atoms with Crippen molar-refractivity contribution in [2.75, 3.05) is 0 Å². The molecular weight excluding hydrogens is 134 g/mol. The number of nitrogens with two attached hydrogens (primary N) is 1. The molecule has 0 bridgehead atoms. The Morgan fingerprint density at radius 3 is 2.60 bits per heavy atom. The molecule has 0 aliphatic heterocycles. The first-order valence-corrected chi connectivity index (χ1v) is 2.72. The molecule has 0 heterocycles. The number of hydrogen-bond donors (Lipinski definition) is 3. The molecule has 0 aromatic heterocycles. The van der Waals surface area contributed by atoms with E-state index in [2.05, 4.69) is 4.99 Å². The van der Waals surface area contributed by atoms with E-state index < -0.39 is 11.8 Å². The van der Waals surface area contributed by atoms with E-state index in [9.17, 15) is 4.79 Å². The van der Waals surface area contributed by atoms with E-state index >= 15 is 0 Å². The maximum Gasteiger partial charge on any atom is 0.373 e. The quantitative estimate of drug-likeness (QED) is 0.350. The van der Waals surface area contributed by atoms with Gasteiger partial charge in [0.25, 0.3) is 0 Å². The Balaban J connectivity index is 4.13. The number of carbonyl (C=O) groups is 1. The van der Waals surface area contributed by atoms with Crippen molar-refractivity contribution < 1.29 is 9.90 Å². The van der Waals surface area contributed by atoms with Crippen LogP contribution in [0.5, 0.6) is 0 Å². The van der Waals surface area contributed by atoms with Gasteiger partial charge < -0.3 is 10.8 Å². The van der Waals surface area contributed by atoms with Gasteiger partial charge in [0, 0.05) is 6.42 Å². The number of hydrogen-bond acceptors (Lipinski definition) is 2. The molecule has 0 spiro atoms. The lowest BCUT2D eigenvalue weighted by Gasteiger charge is -1.92. The summed E-state index contributed by atoms with van der Waals surface area (Å²) in [5, 5.41) is 14.8. The van der Waals surface area contributed by atoms with E-state index in [1.807, 2.05) is 0 Å². The van der Waals surface area contributed by atoms with Crippen LogP contribution in [0, 0.1) is 5.41 Å². The van der Waals surface area contributed by atoms with E-state index in [4.69, 9.17) is 16.2 Å². The molecule has 0 fully saturated rings. The van der Waals surface area contributed by atoms with E-state index in [1.54, 1.807) is 6.92 Å². The van der Waals surface area contributed by atoms with E-state index in [0.29, 0.717) is 6.42 Å². The lowest BCUT2D eigenvalue weighted by atomic mass is 10.4. The first kappa shape index (κ1) is 8.61. The van der Waals surface area contributed by atoms with Crippen molar-refractivity contribution in [1.82, 2.24) is 0 Å². The fourth-order valence-corrected chi connectivity index (χ4v) is 0.270. The van der Waals surface area contributed by atoms with Gasteiger partial charge in [-0.1, -0.05) is 6.92 Å². The van der Waals surface area contributed by atoms with Crippen LogP contribution in [0.4, 0.5) is 0 Å². The molecule has 0 aliphatic carbocycles. The van der Waals surface area contributed by atoms with E-state index in [-0.39, 0.29) is 5.84 Å². The van der Waals surface area contributed by atoms with Crippen LogP contribution in [-0.4, -0.2) is 22.7 Å². The summed E-state index contributed by atoms with van der Waals surface area (Å²) in [4.78, 5) is 13.2. The van der Waals surface area contributed by atoms with Crippen LogP contribution in [0.25, 0.3) is 0 Å². The molecule has 0 radical (unpaired) electrons. The molecule has 5 nitrogen and oxygen atoms in total. The van der Waals surface area contributed by atoms with Crippen molar-refractivity contribution in [3.05, 3.63) is 0 Å². The van der Waals surface area contributed by atoms with Crippen molar-refractivity contribution in [2.45, 2.75) is 13.3 Å². The van der Waals surface area contributed by atoms with Gasteiger partial charge in [0.05, 0.1) is 0 Å². The molecule has 0 aromatic carbocycles. The minimum absolute atomic E-state index is 0.160. The van der Waals surface area contributed by atoms with Gasteiger partial charge in [-0.2, -0.15) is 0 Å². The van der Waals surface area contributed by atoms with Gasteiger partial charge in [-0.05, 0) is 0 Å². The highest BCUT2D eigenvalue weighted by atomic mass is 16.4. The first-order valence-electron chi connectivity index (χ1n) is 2.72. The molecule has 56 valence electrons. The molecule has 5 heteroatoms. The second-order valence-corrected chi connectivity index (χ2v) is 1.61. The molecule has 0 aromatic rings. The molecule has 10 heavy (non-hydrogen) atoms. The third-order valence-corrected chi connectivity index (χ3v) is 0.820. The SMILES string of the molecule is CC/C(N)=N\C(=N)C(=O)O. The zero-order chi connectivity index (χ0) is 8.15. The third kappa shape index (κ3) is 2.81. The number of nitrogens with zero attached hydrogens (tertiary/aromatic N) is 1. The highest BCUT2D eigenvalue weighted by molar-refractivity contribution is 6.35. The Morgan fingerprint density at radius 2 is 2.30 bits per heavy atom. The maximum atomic E-state index is 9.96. The molecular formula is C5H9N3O2. The number of aliphatic carboxylic acids is 1. The zero-order valence-electron chi connectivity index (χ0n) is 5.59. The minimum Gasteiger partial charge on any atom is -0.475 e. The van der Waals surface area contributed by atoms with Crippen molar-refractivity contribution in [3.8, 4) is 0 Å². The lowest BCUT2D eigenvalue weighted by molar-refractivity contribution is -0.129. The standard InChI is InChI=1S/C5H9N3O2/c1-2-3(6)8-4(7)5(9)10/h2H2,1H3,(H,9,10)(H3,6,7,8). The van der Waals surface area contributed by atoms with Crippen molar-refractivity contribution in [2.24, 2.45) is 10.7 Å². The number of aliphatic imine (C=N–C) groups is 1. The van der Waals surface area contributed by atoms with E-state index in [1.165, 1.54) is 0 Å². The molecule has 0 saturated carbocycles. The number of carboxylic acids is 1. The normalized spacial score (nSPS) is 11.1. The fraction of sp³-hybridized carbons (Fsp3) is 0.400. The molecule has 0 saturated heterocycles. The van der Waals surface area contributed by atoms with Crippen molar-refractivity contribution in [1.29, 1.82) is 5.41 Å². The predicted octanol–water partition coefficient (Wildman–Crippen LogP) is -0.185. The summed E-state index contributed by atoms with van der Waals surface area (Å²) in [6.45, 7) is 1.73. The molecule has 0 unspecified atom stereocenters. The summed E-state index contributed by atoms with van der Waals surface area (Å²) in [5.74, 6) is -1.93. The second-order valence-electron chi connectivity index (χ2n) is 1.61. The van der Waals surface area contributed by atoms with Crippen LogP contribution in [0.3, 0.4) is 0 Å². The van der Waals surface area contributed by atoms with Gasteiger partial charge in [-0.3, -0.25) is 5.41 Å². The number of nitrogens with one attached hydrogen (secondary N) is 1. The van der Waals surface area contributed by atoms with Gasteiger partial charge in [0.15, 0.2) is 0 Å². The molecule has 0 aliphatic rings. The summed E-state index contributed by atoms with van der Waals surface area (Å²) in [6.07, 6.45) is 0.454. The number of rotatable bonds is 1. The Labute approximate surface area is 58.1 Å². The summed E-state index contributed by atoms with van der Waals surface area (Å²) in [5.41, 5.74) is 5.16. The lowest BCUT2D eigenvalue weighted by Crippen LogP contribution is -2.16. The van der Waals surface area contributed by atoms with Crippen LogP contribution in [0.15, 0.2) is 4.99 Å². The topological polar surface area (TPSA) is 99.5 Å². The van der Waals surface area contributed by atoms with Crippen LogP contribution in [-0.2, 0) is 4.79 Å². The highest BCUT2D eigenvalue weighted by Crippen LogP contribution is 1.80. The summed E-state index contributed by atoms with van der Waals surface area (Å²) < 4.78 is 0. The monoisotopic (exact) mass is 143 g/mol. The predicted molar refractivity (Wildman–Crippen MR) is 37.3 cm³/mol. The molecule has 4 N–H and O–H groups in total. The number of carboxylic acid groups (broad SMARTS) is 1. The van der Waals surface area contributed by atoms with Crippen LogP contribution in [0.1, 0.15) is 13.3 Å². The average Bonchev–Trinajstić information content (AvgIpc) is 1.87. The second kappa shape index (κ2) is 3.60. The highest BCUT2D eigenvalue weighted by Gasteiger charge is 2.03. The van der Waals surface area contributed by atoms with Crippen LogP contribution in [0.2, 0.25) is 0 Å². The summed E-state index contributed by atoms with van der Waals surface area (Å²) >= 11 is 0. The first-order chi connectivity index (χ1) is 4.57. The van der Waals surface area contributed by atoms with Gasteiger partial charge >= 0.3 is 5.97 Å². The Hall–Kier alpha value is -1.39. The van der Waals surface area contributed by atoms with Crippen molar-refractivity contribution >= 4 is 17.6 Å². The third-order valence-electron chi connectivity index (χ3n) is 0.820. The maximum absolute atomic E-state index is 9.96. The van der Waals surface area contributed by atoms with E-state index in [0.717, 1.165) is 0 Å². The van der Waals surface area contributed by atoms with Gasteiger partial charge in [0.2, 0.25) is 5.84 Å². The smallest absolute Gasteiger partial charge is 0.373 e. The van der Waals surface area contributed by atoms with Gasteiger partial charge in [-0.25, -0.2) is 9.79 Å². The Kier molecular flexibility index (Phi) is 3.10. The zero-order valence-corrected chi connectivity index (χ0v) is 5.59. The number of amidine groups is 2. The van der Waals surface area contributed by atoms with Crippen LogP contribution < -0.4 is 5.73 Å². The largest absolute Gasteiger partial charge is 0.475 e. The van der Waals surface area contributed by atoms with Gasteiger partial charge in [-0.15, -0.1) is 0 Å². The Bertz CT molecular complexity index is 185. The fourth-order valence-electron chi connectivity index (χ4n) is 0.270. The van der Waals surface area contributed by atoms with Crippen LogP contribution >= 0.6 is 0 Å². The molecule has 0 rings (SSSR count). The molecule has 0 amide bonds. The van der Waals surface area contributed by atoms with Gasteiger partial charge in [0.1, 0.15) is 5.84 Å². The summed E-state index contributed by atoms with van der Waals surface area (Å²) in [6, 6.07) is 0. The summed E-state index contributed by atoms with van der Waals surface area (Å²) in [7, 11) is 0. The average molecular weight is 143 g/mol. The molecule has 0 atom stereocenters. The van der Waals surface area contributed by atoms with Crippen molar-refractivity contribution in [3.63, 3.8) is 0 Å². The minimum atomic E-state index is -1.36. The Morgan fingerprint density at radius 1 is 1.80 bits per heavy atom.